The average Bonchev–Trinajstić information content (AvgIpc) is 2.27. The molecule has 0 heterocycles. The molecule has 0 rings (SSSR count). The van der Waals surface area contributed by atoms with Crippen LogP contribution in [0.25, 0.3) is 0 Å². The van der Waals surface area contributed by atoms with E-state index in [1.807, 2.05) is 0 Å². The van der Waals surface area contributed by atoms with Crippen molar-refractivity contribution in [1.82, 2.24) is 0 Å². The van der Waals surface area contributed by atoms with Gasteiger partial charge in [-0.1, -0.05) is 0 Å². The zero-order valence-electron chi connectivity index (χ0n) is 12.1. The fourth-order valence-corrected chi connectivity index (χ4v) is 1.98. The summed E-state index contributed by atoms with van der Waals surface area (Å²) in [4.78, 5) is 22.9. The molecule has 0 aliphatic carbocycles. The molecule has 112 valence electrons. The summed E-state index contributed by atoms with van der Waals surface area (Å²) in [5.74, 6) is -4.89. The van der Waals surface area contributed by atoms with Crippen molar-refractivity contribution in [2.75, 3.05) is 14.2 Å². The van der Waals surface area contributed by atoms with Crippen LogP contribution in [0.15, 0.2) is 0 Å². The van der Waals surface area contributed by atoms with Gasteiger partial charge in [0.05, 0.1) is 5.60 Å². The lowest BCUT2D eigenvalue weighted by Gasteiger charge is -2.46. The van der Waals surface area contributed by atoms with E-state index in [4.69, 9.17) is 9.47 Å². The topological polar surface area (TPSA) is 113 Å². The molecule has 0 bridgehead atoms. The van der Waals surface area contributed by atoms with Gasteiger partial charge in [-0.3, -0.25) is 4.79 Å². The molecule has 0 saturated carbocycles. The average molecular weight is 278 g/mol. The summed E-state index contributed by atoms with van der Waals surface area (Å²) in [5.41, 5.74) is -5.69. The number of carboxylic acid groups (broad SMARTS) is 2. The Balaban J connectivity index is 6.12. The number of rotatable bonds is 7. The molecule has 0 aliphatic heterocycles. The lowest BCUT2D eigenvalue weighted by atomic mass is 9.68. The van der Waals surface area contributed by atoms with Crippen molar-refractivity contribution in [3.8, 4) is 0 Å². The third kappa shape index (κ3) is 2.88. The first-order chi connectivity index (χ1) is 8.38. The number of hydrogen-bond donors (Lipinski definition) is 3. The van der Waals surface area contributed by atoms with Crippen molar-refractivity contribution in [2.24, 2.45) is 5.92 Å². The van der Waals surface area contributed by atoms with Gasteiger partial charge < -0.3 is 24.8 Å². The first kappa shape index (κ1) is 17.8. The van der Waals surface area contributed by atoms with Crippen LogP contribution < -0.4 is 0 Å². The van der Waals surface area contributed by atoms with Crippen LogP contribution in [0, 0.1) is 5.92 Å². The molecule has 0 saturated heterocycles. The third-order valence-electron chi connectivity index (χ3n) is 3.64. The molecule has 19 heavy (non-hydrogen) atoms. The van der Waals surface area contributed by atoms with Crippen LogP contribution >= 0.6 is 0 Å². The fourth-order valence-electron chi connectivity index (χ4n) is 1.98. The van der Waals surface area contributed by atoms with E-state index < -0.39 is 34.7 Å². The molecule has 0 amide bonds. The summed E-state index contributed by atoms with van der Waals surface area (Å²) in [6.07, 6.45) is 0. The molecule has 0 aliphatic rings. The molecule has 0 aromatic rings. The van der Waals surface area contributed by atoms with Crippen molar-refractivity contribution in [3.63, 3.8) is 0 Å². The van der Waals surface area contributed by atoms with Crippen LogP contribution in [-0.2, 0) is 19.1 Å². The van der Waals surface area contributed by atoms with Crippen molar-refractivity contribution in [1.29, 1.82) is 0 Å². The van der Waals surface area contributed by atoms with Gasteiger partial charge >= 0.3 is 11.9 Å². The van der Waals surface area contributed by atoms with Gasteiger partial charge in [0.25, 0.3) is 0 Å². The van der Waals surface area contributed by atoms with E-state index in [-0.39, 0.29) is 0 Å². The Hall–Kier alpha value is -1.18. The van der Waals surface area contributed by atoms with Crippen LogP contribution in [0.3, 0.4) is 0 Å². The number of ether oxygens (including phenoxy) is 2. The number of aliphatic hydroxyl groups is 1. The number of hydrogen-bond acceptors (Lipinski definition) is 5. The Kier molecular flexibility index (Phi) is 5.10. The van der Waals surface area contributed by atoms with E-state index in [9.17, 15) is 24.9 Å². The number of carboxylic acids is 2. The molecule has 0 aromatic heterocycles. The summed E-state index contributed by atoms with van der Waals surface area (Å²) in [6, 6.07) is 0. The van der Waals surface area contributed by atoms with E-state index in [1.165, 1.54) is 41.9 Å². The first-order valence-corrected chi connectivity index (χ1v) is 5.67. The van der Waals surface area contributed by atoms with Crippen LogP contribution in [0.5, 0.6) is 0 Å². The van der Waals surface area contributed by atoms with E-state index in [0.717, 1.165) is 0 Å². The highest BCUT2D eigenvalue weighted by Gasteiger charge is 2.63. The van der Waals surface area contributed by atoms with E-state index >= 15 is 0 Å². The lowest BCUT2D eigenvalue weighted by Crippen LogP contribution is -2.68. The van der Waals surface area contributed by atoms with Gasteiger partial charge in [-0.2, -0.15) is 0 Å². The summed E-state index contributed by atoms with van der Waals surface area (Å²) >= 11 is 0. The minimum absolute atomic E-state index is 1.20. The van der Waals surface area contributed by atoms with Gasteiger partial charge in [0.15, 0.2) is 0 Å². The maximum Gasteiger partial charge on any atom is 0.339 e. The van der Waals surface area contributed by atoms with Crippen LogP contribution in [-0.4, -0.2) is 58.3 Å². The summed E-state index contributed by atoms with van der Waals surface area (Å²) in [7, 11) is 2.45. The molecular weight excluding hydrogens is 256 g/mol. The largest absolute Gasteiger partial charge is 0.481 e. The predicted molar refractivity (Wildman–Crippen MR) is 65.9 cm³/mol. The quantitative estimate of drug-likeness (QED) is 0.615. The van der Waals surface area contributed by atoms with Gasteiger partial charge in [-0.05, 0) is 27.7 Å². The maximum absolute atomic E-state index is 11.5. The molecule has 7 heteroatoms. The third-order valence-corrected chi connectivity index (χ3v) is 3.64. The first-order valence-electron chi connectivity index (χ1n) is 5.67. The minimum atomic E-state index is -2.66. The summed E-state index contributed by atoms with van der Waals surface area (Å²) in [6.45, 7) is 5.41. The van der Waals surface area contributed by atoms with E-state index in [2.05, 4.69) is 0 Å². The number of aliphatic carboxylic acids is 2. The highest BCUT2D eigenvalue weighted by atomic mass is 16.5. The smallest absolute Gasteiger partial charge is 0.339 e. The Morgan fingerprint density at radius 2 is 1.42 bits per heavy atom. The molecule has 0 radical (unpaired) electrons. The molecular formula is C12H22O7. The van der Waals surface area contributed by atoms with Crippen molar-refractivity contribution < 1.29 is 34.4 Å². The Morgan fingerprint density at radius 1 is 1.00 bits per heavy atom. The summed E-state index contributed by atoms with van der Waals surface area (Å²) < 4.78 is 10.0. The molecule has 7 nitrogen and oxygen atoms in total. The van der Waals surface area contributed by atoms with Gasteiger partial charge in [0.2, 0.25) is 5.60 Å². The molecule has 0 aromatic carbocycles. The number of methoxy groups -OCH3 is 2. The zero-order valence-corrected chi connectivity index (χ0v) is 12.1. The van der Waals surface area contributed by atoms with Crippen molar-refractivity contribution in [3.05, 3.63) is 0 Å². The Morgan fingerprint density at radius 3 is 1.63 bits per heavy atom. The van der Waals surface area contributed by atoms with Crippen molar-refractivity contribution >= 4 is 11.9 Å². The SMILES string of the molecule is COC(C)(C)C(C(=O)O)C(O)(C(=O)O)C(C)(C)OC. The molecule has 0 spiro atoms. The second-order valence-electron chi connectivity index (χ2n) is 5.36. The Labute approximate surface area is 112 Å². The molecule has 0 fully saturated rings. The Bertz CT molecular complexity index is 361. The second kappa shape index (κ2) is 5.44. The van der Waals surface area contributed by atoms with Gasteiger partial charge in [0, 0.05) is 14.2 Å². The van der Waals surface area contributed by atoms with Crippen LogP contribution in [0.2, 0.25) is 0 Å². The van der Waals surface area contributed by atoms with Gasteiger partial charge in [0.1, 0.15) is 11.5 Å². The normalized spacial score (nSPS) is 17.6. The highest BCUT2D eigenvalue weighted by Crippen LogP contribution is 2.40. The molecule has 2 atom stereocenters. The van der Waals surface area contributed by atoms with E-state index in [0.29, 0.717) is 0 Å². The monoisotopic (exact) mass is 278 g/mol. The lowest BCUT2D eigenvalue weighted by molar-refractivity contribution is -0.232. The minimum Gasteiger partial charge on any atom is -0.481 e. The van der Waals surface area contributed by atoms with Crippen molar-refractivity contribution in [2.45, 2.75) is 44.5 Å². The molecule has 2 unspecified atom stereocenters. The maximum atomic E-state index is 11.5. The highest BCUT2D eigenvalue weighted by molar-refractivity contribution is 5.87. The van der Waals surface area contributed by atoms with Gasteiger partial charge in [-0.15, -0.1) is 0 Å². The van der Waals surface area contributed by atoms with Crippen LogP contribution in [0.1, 0.15) is 27.7 Å². The fraction of sp³-hybridized carbons (Fsp3) is 0.833. The predicted octanol–water partition coefficient (Wildman–Crippen LogP) is 0.353. The molecule has 3 N–H and O–H groups in total. The van der Waals surface area contributed by atoms with E-state index in [1.54, 1.807) is 0 Å². The second-order valence-corrected chi connectivity index (χ2v) is 5.36. The zero-order chi connectivity index (χ0) is 15.6. The standard InChI is InChI=1S/C12H22O7/c1-10(2,18-5)7(8(13)14)12(17,9(15)16)11(3,4)19-6/h7,17H,1-6H3,(H,13,14)(H,15,16). The van der Waals surface area contributed by atoms with Crippen LogP contribution in [0.4, 0.5) is 0 Å². The summed E-state index contributed by atoms with van der Waals surface area (Å²) in [5, 5.41) is 29.2. The van der Waals surface area contributed by atoms with Gasteiger partial charge in [-0.25, -0.2) is 4.79 Å². The number of carbonyl (C=O) groups is 2.